The molecule has 4 aromatic rings. The highest BCUT2D eigenvalue weighted by molar-refractivity contribution is 7.85. The molecule has 0 radical (unpaired) electrons. The standard InChI is InChI=1S/C33H30ClN3O3S/c1-22-6-5-7-27(18-22)36-17-16-35(20-23(36)2)32(38)25-12-15-31-29(19-25)37(21-24-10-13-26(34)14-11-24)33(39)28-8-3-4-9-30(28)41(31)40/h3-15,18-19,23H,16-17,20-21H2,1-2H3. The number of rotatable bonds is 4. The second-order valence-corrected chi connectivity index (χ2v) is 12.5. The first-order valence-electron chi connectivity index (χ1n) is 13.6. The number of carbonyl (C=O) groups is 2. The van der Waals surface area contributed by atoms with Gasteiger partial charge in [-0.2, -0.15) is 0 Å². The molecule has 2 atom stereocenters. The summed E-state index contributed by atoms with van der Waals surface area (Å²) in [6.07, 6.45) is 0. The van der Waals surface area contributed by atoms with Crippen molar-refractivity contribution in [1.29, 1.82) is 0 Å². The summed E-state index contributed by atoms with van der Waals surface area (Å²) in [5.41, 5.74) is 4.58. The minimum atomic E-state index is -1.59. The molecule has 0 N–H and O–H groups in total. The van der Waals surface area contributed by atoms with E-state index < -0.39 is 10.8 Å². The Morgan fingerprint density at radius 3 is 2.46 bits per heavy atom. The van der Waals surface area contributed by atoms with Crippen LogP contribution in [0.4, 0.5) is 11.4 Å². The average Bonchev–Trinajstić information content (AvgIpc) is 3.07. The number of amides is 2. The maximum Gasteiger partial charge on any atom is 0.259 e. The molecular formula is C33H30ClN3O3S. The molecule has 2 heterocycles. The highest BCUT2D eigenvalue weighted by Crippen LogP contribution is 2.36. The second-order valence-electron chi connectivity index (χ2n) is 10.6. The van der Waals surface area contributed by atoms with Crippen LogP contribution in [0.3, 0.4) is 0 Å². The smallest absolute Gasteiger partial charge is 0.259 e. The van der Waals surface area contributed by atoms with Gasteiger partial charge in [-0.05, 0) is 79.6 Å². The maximum absolute atomic E-state index is 13.9. The summed E-state index contributed by atoms with van der Waals surface area (Å²) in [4.78, 5) is 34.5. The molecule has 41 heavy (non-hydrogen) atoms. The van der Waals surface area contributed by atoms with Crippen molar-refractivity contribution in [3.63, 3.8) is 0 Å². The number of hydrogen-bond acceptors (Lipinski definition) is 4. The third-order valence-electron chi connectivity index (χ3n) is 7.76. The van der Waals surface area contributed by atoms with Crippen LogP contribution in [0, 0.1) is 6.92 Å². The van der Waals surface area contributed by atoms with E-state index >= 15 is 0 Å². The summed E-state index contributed by atoms with van der Waals surface area (Å²) in [6, 6.07) is 28.0. The molecule has 0 aliphatic carbocycles. The van der Waals surface area contributed by atoms with Crippen LogP contribution in [-0.2, 0) is 17.3 Å². The van der Waals surface area contributed by atoms with Gasteiger partial charge in [0, 0.05) is 41.9 Å². The quantitative estimate of drug-likeness (QED) is 0.282. The lowest BCUT2D eigenvalue weighted by atomic mass is 10.1. The Labute approximate surface area is 247 Å². The molecule has 0 aromatic heterocycles. The Kier molecular flexibility index (Phi) is 7.41. The minimum absolute atomic E-state index is 0.102. The summed E-state index contributed by atoms with van der Waals surface area (Å²) in [6.45, 7) is 6.35. The molecule has 0 spiro atoms. The van der Waals surface area contributed by atoms with Crippen LogP contribution in [0.1, 0.15) is 38.8 Å². The Hall–Kier alpha value is -3.94. The Morgan fingerprint density at radius 2 is 1.71 bits per heavy atom. The molecule has 1 saturated heterocycles. The average molecular weight is 584 g/mol. The third kappa shape index (κ3) is 5.27. The molecule has 8 heteroatoms. The predicted molar refractivity (Wildman–Crippen MR) is 163 cm³/mol. The number of nitrogens with zero attached hydrogens (tertiary/aromatic N) is 3. The van der Waals surface area contributed by atoms with Gasteiger partial charge in [-0.25, -0.2) is 4.21 Å². The van der Waals surface area contributed by atoms with Crippen molar-refractivity contribution in [2.24, 2.45) is 0 Å². The molecule has 6 nitrogen and oxygen atoms in total. The summed E-state index contributed by atoms with van der Waals surface area (Å²) in [7, 11) is -1.59. The zero-order valence-corrected chi connectivity index (χ0v) is 24.5. The van der Waals surface area contributed by atoms with Gasteiger partial charge in [-0.1, -0.05) is 48.0 Å². The van der Waals surface area contributed by atoms with Gasteiger partial charge in [0.25, 0.3) is 11.8 Å². The van der Waals surface area contributed by atoms with Crippen molar-refractivity contribution in [3.8, 4) is 0 Å². The van der Waals surface area contributed by atoms with Gasteiger partial charge in [-0.15, -0.1) is 0 Å². The highest BCUT2D eigenvalue weighted by Gasteiger charge is 2.33. The number of fused-ring (bicyclic) bond motifs is 2. The van der Waals surface area contributed by atoms with Crippen LogP contribution in [0.15, 0.2) is 101 Å². The van der Waals surface area contributed by atoms with Crippen LogP contribution in [-0.4, -0.2) is 46.6 Å². The van der Waals surface area contributed by atoms with E-state index in [-0.39, 0.29) is 24.4 Å². The number of aryl methyl sites for hydroxylation is 1. The third-order valence-corrected chi connectivity index (χ3v) is 9.51. The van der Waals surface area contributed by atoms with E-state index in [2.05, 4.69) is 43.0 Å². The van der Waals surface area contributed by atoms with E-state index in [1.165, 1.54) is 5.56 Å². The molecule has 208 valence electrons. The molecule has 2 unspecified atom stereocenters. The molecule has 2 aliphatic heterocycles. The summed E-state index contributed by atoms with van der Waals surface area (Å²) in [5.74, 6) is -0.359. The molecule has 4 aromatic carbocycles. The van der Waals surface area contributed by atoms with Gasteiger partial charge in [0.05, 0.1) is 38.4 Å². The first kappa shape index (κ1) is 27.2. The first-order chi connectivity index (χ1) is 19.8. The van der Waals surface area contributed by atoms with Crippen LogP contribution in [0.25, 0.3) is 0 Å². The maximum atomic E-state index is 13.9. The fraction of sp³-hybridized carbons (Fsp3) is 0.212. The zero-order valence-electron chi connectivity index (χ0n) is 22.9. The number of carbonyl (C=O) groups excluding carboxylic acids is 2. The van der Waals surface area contributed by atoms with Crippen LogP contribution in [0.5, 0.6) is 0 Å². The number of halogens is 1. The normalized spacial score (nSPS) is 18.5. The van der Waals surface area contributed by atoms with Gasteiger partial charge < -0.3 is 14.7 Å². The van der Waals surface area contributed by atoms with Crippen molar-refractivity contribution in [1.82, 2.24) is 4.90 Å². The van der Waals surface area contributed by atoms with Gasteiger partial charge in [0.2, 0.25) is 0 Å². The van der Waals surface area contributed by atoms with E-state index in [4.69, 9.17) is 11.6 Å². The number of hydrogen-bond donors (Lipinski definition) is 0. The SMILES string of the molecule is Cc1cccc(N2CCN(C(=O)c3ccc4c(c3)N(Cc3ccc(Cl)cc3)C(=O)c3ccccc3S4=O)CC2C)c1. The summed E-state index contributed by atoms with van der Waals surface area (Å²) < 4.78 is 13.8. The lowest BCUT2D eigenvalue weighted by Crippen LogP contribution is -2.53. The van der Waals surface area contributed by atoms with E-state index in [1.807, 2.05) is 17.0 Å². The van der Waals surface area contributed by atoms with Crippen LogP contribution in [0.2, 0.25) is 5.02 Å². The van der Waals surface area contributed by atoms with E-state index in [9.17, 15) is 13.8 Å². The van der Waals surface area contributed by atoms with Crippen LogP contribution >= 0.6 is 11.6 Å². The van der Waals surface area contributed by atoms with E-state index in [1.54, 1.807) is 59.5 Å². The van der Waals surface area contributed by atoms with Crippen molar-refractivity contribution in [2.75, 3.05) is 29.4 Å². The Balaban J connectivity index is 1.33. The molecule has 2 aliphatic rings. The molecule has 0 saturated carbocycles. The van der Waals surface area contributed by atoms with E-state index in [0.717, 1.165) is 17.8 Å². The molecular weight excluding hydrogens is 554 g/mol. The number of anilines is 2. The molecule has 6 rings (SSSR count). The first-order valence-corrected chi connectivity index (χ1v) is 15.2. The fourth-order valence-electron chi connectivity index (χ4n) is 5.64. The van der Waals surface area contributed by atoms with Crippen LogP contribution < -0.4 is 9.80 Å². The van der Waals surface area contributed by atoms with Gasteiger partial charge in [0.15, 0.2) is 0 Å². The molecule has 1 fully saturated rings. The number of benzene rings is 4. The van der Waals surface area contributed by atoms with Gasteiger partial charge in [-0.3, -0.25) is 9.59 Å². The molecule has 2 amide bonds. The van der Waals surface area contributed by atoms with Gasteiger partial charge in [0.1, 0.15) is 0 Å². The van der Waals surface area contributed by atoms with Crippen molar-refractivity contribution in [2.45, 2.75) is 36.2 Å². The monoisotopic (exact) mass is 583 g/mol. The van der Waals surface area contributed by atoms with Crippen molar-refractivity contribution in [3.05, 3.63) is 118 Å². The predicted octanol–water partition coefficient (Wildman–Crippen LogP) is 6.33. The lowest BCUT2D eigenvalue weighted by Gasteiger charge is -2.41. The largest absolute Gasteiger partial charge is 0.365 e. The van der Waals surface area contributed by atoms with E-state index in [0.29, 0.717) is 44.7 Å². The van der Waals surface area contributed by atoms with Gasteiger partial charge >= 0.3 is 0 Å². The van der Waals surface area contributed by atoms with Crippen molar-refractivity contribution < 1.29 is 13.8 Å². The number of piperazine rings is 1. The highest BCUT2D eigenvalue weighted by atomic mass is 35.5. The second kappa shape index (κ2) is 11.1. The molecule has 0 bridgehead atoms. The zero-order chi connectivity index (χ0) is 28.7. The van der Waals surface area contributed by atoms with Crippen molar-refractivity contribution >= 4 is 45.6 Å². The Bertz CT molecular complexity index is 1670. The Morgan fingerprint density at radius 1 is 0.927 bits per heavy atom. The topological polar surface area (TPSA) is 60.9 Å². The summed E-state index contributed by atoms with van der Waals surface area (Å²) in [5, 5.41) is 0.604. The fourth-order valence-corrected chi connectivity index (χ4v) is 7.11. The lowest BCUT2D eigenvalue weighted by molar-refractivity contribution is 0.0726. The summed E-state index contributed by atoms with van der Waals surface area (Å²) >= 11 is 6.10. The minimum Gasteiger partial charge on any atom is -0.365 e.